The van der Waals surface area contributed by atoms with E-state index in [9.17, 15) is 18.3 Å². The molecule has 2 fully saturated rings. The summed E-state index contributed by atoms with van der Waals surface area (Å²) in [7, 11) is -0.144. The monoisotopic (exact) mass is 525 g/mol. The summed E-state index contributed by atoms with van der Waals surface area (Å²) in [5, 5.41) is 13.5. The number of benzene rings is 2. The number of hydrogen-bond donors (Lipinski definition) is 3. The molecule has 2 aliphatic carbocycles. The molecule has 1 aromatic heterocycles. The lowest BCUT2D eigenvalue weighted by molar-refractivity contribution is -0.127. The van der Waals surface area contributed by atoms with Gasteiger partial charge in [0.25, 0.3) is 0 Å². The van der Waals surface area contributed by atoms with Crippen molar-refractivity contribution in [3.05, 3.63) is 48.5 Å². The molecule has 8 nitrogen and oxygen atoms in total. The van der Waals surface area contributed by atoms with Crippen LogP contribution in [0.3, 0.4) is 0 Å². The molecule has 2 aromatic carbocycles. The van der Waals surface area contributed by atoms with E-state index >= 15 is 0 Å². The van der Waals surface area contributed by atoms with E-state index in [1.807, 2.05) is 41.9 Å². The van der Waals surface area contributed by atoms with Gasteiger partial charge in [-0.3, -0.25) is 4.79 Å². The lowest BCUT2D eigenvalue weighted by Crippen LogP contribution is -2.45. The van der Waals surface area contributed by atoms with Crippen LogP contribution in [0.25, 0.3) is 22.2 Å². The SMILES string of the molecule is COc1ccc(-c2cc3ccc(S(=O)(=O)NC4CCC(C(=O)N[C@@H](CO)C5CC5)CC4)cc3n2C)cc1. The number of aliphatic hydroxyl groups excluding tert-OH is 1. The summed E-state index contributed by atoms with van der Waals surface area (Å²) >= 11 is 0. The van der Waals surface area contributed by atoms with Crippen LogP contribution in [-0.4, -0.2) is 49.8 Å². The van der Waals surface area contributed by atoms with Gasteiger partial charge in [0.2, 0.25) is 15.9 Å². The van der Waals surface area contributed by atoms with E-state index in [2.05, 4.69) is 16.1 Å². The largest absolute Gasteiger partial charge is 0.497 e. The number of ether oxygens (including phenoxy) is 1. The van der Waals surface area contributed by atoms with Gasteiger partial charge in [0, 0.05) is 35.6 Å². The van der Waals surface area contributed by atoms with Crippen molar-refractivity contribution in [2.45, 2.75) is 55.5 Å². The quantitative estimate of drug-likeness (QED) is 0.396. The van der Waals surface area contributed by atoms with E-state index in [-0.39, 0.29) is 35.4 Å². The summed E-state index contributed by atoms with van der Waals surface area (Å²) in [4.78, 5) is 12.9. The molecule has 3 N–H and O–H groups in total. The summed E-state index contributed by atoms with van der Waals surface area (Å²) in [6, 6.07) is 14.7. The van der Waals surface area contributed by atoms with Crippen molar-refractivity contribution in [3.63, 3.8) is 0 Å². The molecule has 0 aliphatic heterocycles. The van der Waals surface area contributed by atoms with Gasteiger partial charge in [-0.1, -0.05) is 6.07 Å². The van der Waals surface area contributed by atoms with Crippen molar-refractivity contribution >= 4 is 26.8 Å². The molecule has 0 bridgehead atoms. The Labute approximate surface area is 218 Å². The van der Waals surface area contributed by atoms with Crippen molar-refractivity contribution in [1.82, 2.24) is 14.6 Å². The van der Waals surface area contributed by atoms with Crippen molar-refractivity contribution in [1.29, 1.82) is 0 Å². The fraction of sp³-hybridized carbons (Fsp3) is 0.464. The van der Waals surface area contributed by atoms with E-state index in [0.717, 1.165) is 40.8 Å². The molecule has 198 valence electrons. The van der Waals surface area contributed by atoms with Crippen LogP contribution in [-0.2, 0) is 21.9 Å². The third-order valence-electron chi connectivity index (χ3n) is 7.85. The minimum atomic E-state index is -3.71. The Morgan fingerprint density at radius 1 is 1.05 bits per heavy atom. The minimum Gasteiger partial charge on any atom is -0.497 e. The van der Waals surface area contributed by atoms with Gasteiger partial charge in [-0.2, -0.15) is 0 Å². The number of hydrogen-bond acceptors (Lipinski definition) is 5. The second-order valence-corrected chi connectivity index (χ2v) is 12.1. The van der Waals surface area contributed by atoms with Gasteiger partial charge in [-0.25, -0.2) is 13.1 Å². The molecule has 1 atom stereocenters. The number of carbonyl (C=O) groups is 1. The zero-order valence-corrected chi connectivity index (χ0v) is 22.1. The zero-order chi connectivity index (χ0) is 26.2. The van der Waals surface area contributed by atoms with Gasteiger partial charge >= 0.3 is 0 Å². The molecular formula is C28H35N3O5S. The van der Waals surface area contributed by atoms with E-state index in [1.54, 1.807) is 19.2 Å². The molecule has 2 saturated carbocycles. The molecule has 0 saturated heterocycles. The summed E-state index contributed by atoms with van der Waals surface area (Å²) in [6.45, 7) is -0.0291. The van der Waals surface area contributed by atoms with E-state index < -0.39 is 10.0 Å². The molecule has 0 spiro atoms. The fourth-order valence-electron chi connectivity index (χ4n) is 5.39. The molecule has 9 heteroatoms. The first kappa shape index (κ1) is 25.8. The first-order valence-corrected chi connectivity index (χ1v) is 14.4. The Morgan fingerprint density at radius 3 is 2.38 bits per heavy atom. The summed E-state index contributed by atoms with van der Waals surface area (Å²) in [5.41, 5.74) is 2.84. The lowest BCUT2D eigenvalue weighted by atomic mass is 9.85. The van der Waals surface area contributed by atoms with Crippen LogP contribution >= 0.6 is 0 Å². The third kappa shape index (κ3) is 5.54. The second kappa shape index (κ2) is 10.5. The van der Waals surface area contributed by atoms with Crippen LogP contribution in [0.1, 0.15) is 38.5 Å². The fourth-order valence-corrected chi connectivity index (χ4v) is 6.71. The highest BCUT2D eigenvalue weighted by Crippen LogP contribution is 2.34. The molecule has 0 unspecified atom stereocenters. The van der Waals surface area contributed by atoms with Crippen molar-refractivity contribution < 1.29 is 23.1 Å². The average Bonchev–Trinajstić information content (AvgIpc) is 3.70. The number of nitrogens with one attached hydrogen (secondary N) is 2. The number of carbonyl (C=O) groups excluding carboxylic acids is 1. The van der Waals surface area contributed by atoms with Crippen molar-refractivity contribution in [2.75, 3.05) is 13.7 Å². The van der Waals surface area contributed by atoms with Gasteiger partial charge in [0.15, 0.2) is 0 Å². The Hall–Kier alpha value is -2.88. The van der Waals surface area contributed by atoms with Gasteiger partial charge in [0.1, 0.15) is 5.75 Å². The van der Waals surface area contributed by atoms with Crippen LogP contribution < -0.4 is 14.8 Å². The molecule has 0 radical (unpaired) electrons. The number of amides is 1. The van der Waals surface area contributed by atoms with Gasteiger partial charge in [-0.15, -0.1) is 0 Å². The zero-order valence-electron chi connectivity index (χ0n) is 21.3. The number of nitrogens with zero attached hydrogens (tertiary/aromatic N) is 1. The highest BCUT2D eigenvalue weighted by atomic mass is 32.2. The van der Waals surface area contributed by atoms with Crippen LogP contribution in [0, 0.1) is 11.8 Å². The van der Waals surface area contributed by atoms with Gasteiger partial charge in [0.05, 0.1) is 24.7 Å². The Kier molecular flexibility index (Phi) is 7.29. The van der Waals surface area contributed by atoms with Crippen LogP contribution in [0.4, 0.5) is 0 Å². The Balaban J connectivity index is 1.25. The number of sulfonamides is 1. The maximum absolute atomic E-state index is 13.2. The summed E-state index contributed by atoms with van der Waals surface area (Å²) in [6.07, 6.45) is 4.58. The second-order valence-electron chi connectivity index (χ2n) is 10.3. The lowest BCUT2D eigenvalue weighted by Gasteiger charge is -2.29. The van der Waals surface area contributed by atoms with E-state index in [1.165, 1.54) is 0 Å². The van der Waals surface area contributed by atoms with Gasteiger partial charge in [-0.05, 0) is 92.5 Å². The highest BCUT2D eigenvalue weighted by molar-refractivity contribution is 7.89. The molecule has 5 rings (SSSR count). The number of rotatable bonds is 9. The first-order chi connectivity index (χ1) is 17.8. The number of aliphatic hydroxyl groups is 1. The molecule has 3 aromatic rings. The summed E-state index contributed by atoms with van der Waals surface area (Å²) < 4.78 is 36.6. The number of aryl methyl sites for hydroxylation is 1. The maximum Gasteiger partial charge on any atom is 0.240 e. The first-order valence-electron chi connectivity index (χ1n) is 13.0. The van der Waals surface area contributed by atoms with Gasteiger partial charge < -0.3 is 19.7 Å². The number of aromatic nitrogens is 1. The van der Waals surface area contributed by atoms with Crippen molar-refractivity contribution in [2.24, 2.45) is 18.9 Å². The van der Waals surface area contributed by atoms with Crippen LogP contribution in [0.5, 0.6) is 5.75 Å². The molecule has 1 amide bonds. The third-order valence-corrected chi connectivity index (χ3v) is 9.37. The number of methoxy groups -OCH3 is 1. The van der Waals surface area contributed by atoms with Crippen LogP contribution in [0.15, 0.2) is 53.4 Å². The number of fused-ring (bicyclic) bond motifs is 1. The molecule has 2 aliphatic rings. The average molecular weight is 526 g/mol. The Morgan fingerprint density at radius 2 is 1.76 bits per heavy atom. The van der Waals surface area contributed by atoms with E-state index in [0.29, 0.717) is 31.6 Å². The molecule has 1 heterocycles. The Bertz CT molecular complexity index is 1370. The minimum absolute atomic E-state index is 0.0194. The predicted molar refractivity (Wildman–Crippen MR) is 143 cm³/mol. The topological polar surface area (TPSA) is 110 Å². The highest BCUT2D eigenvalue weighted by Gasteiger charge is 2.35. The standard InChI is InChI=1S/C28H35N3O5S/c1-31-26(19-7-12-23(36-2)13-8-19)15-21-9-14-24(16-27(21)31)37(34,35)30-22-10-5-20(6-11-22)28(33)29-25(17-32)18-3-4-18/h7-9,12-16,18,20,22,25,30,32H,3-6,10-11,17H2,1-2H3,(H,29,33)/t20?,22?,25-/m0/s1. The van der Waals surface area contributed by atoms with Crippen LogP contribution in [0.2, 0.25) is 0 Å². The molecule has 37 heavy (non-hydrogen) atoms. The maximum atomic E-state index is 13.2. The molecular weight excluding hydrogens is 490 g/mol. The smallest absolute Gasteiger partial charge is 0.240 e. The predicted octanol–water partition coefficient (Wildman–Crippen LogP) is 3.58. The normalized spacial score (nSPS) is 21.1. The van der Waals surface area contributed by atoms with Crippen molar-refractivity contribution in [3.8, 4) is 17.0 Å². The summed E-state index contributed by atoms with van der Waals surface area (Å²) in [5.74, 6) is 1.02. The van der Waals surface area contributed by atoms with E-state index in [4.69, 9.17) is 4.74 Å².